The molecule has 0 bridgehead atoms. The molecule has 0 aliphatic heterocycles. The van der Waals surface area contributed by atoms with Crippen molar-refractivity contribution in [2.24, 2.45) is 0 Å². The van der Waals surface area contributed by atoms with Crippen molar-refractivity contribution in [2.75, 3.05) is 0 Å². The van der Waals surface area contributed by atoms with Gasteiger partial charge in [-0.25, -0.2) is 4.39 Å². The van der Waals surface area contributed by atoms with Crippen LogP contribution in [0, 0.1) is 5.82 Å². The van der Waals surface area contributed by atoms with E-state index < -0.39 is 5.82 Å². The molecule has 0 N–H and O–H groups in total. The minimum atomic E-state index is -0.392. The van der Waals surface area contributed by atoms with Gasteiger partial charge in [0.25, 0.3) is 0 Å². The Hall–Kier alpha value is -1.54. The van der Waals surface area contributed by atoms with Gasteiger partial charge in [0.05, 0.1) is 5.88 Å². The smallest absolute Gasteiger partial charge is 0.167 e. The summed E-state index contributed by atoms with van der Waals surface area (Å²) in [4.78, 5) is 0. The second kappa shape index (κ2) is 6.07. The van der Waals surface area contributed by atoms with Crippen LogP contribution in [0.15, 0.2) is 42.5 Å². The molecule has 0 aromatic heterocycles. The standard InChI is InChI=1S/C16H16ClFO/c1-11(2)13-7-3-4-9-15(13)19-16-12(10-17)6-5-8-14(16)18/h3-9,11H,10H2,1-2H3. The second-order valence-electron chi connectivity index (χ2n) is 4.66. The number of hydrogen-bond donors (Lipinski definition) is 0. The third-order valence-corrected chi connectivity index (χ3v) is 3.23. The molecular weight excluding hydrogens is 263 g/mol. The van der Waals surface area contributed by atoms with Crippen LogP contribution in [0.4, 0.5) is 4.39 Å². The highest BCUT2D eigenvalue weighted by atomic mass is 35.5. The molecule has 0 radical (unpaired) electrons. The Morgan fingerprint density at radius 2 is 1.84 bits per heavy atom. The maximum atomic E-state index is 13.9. The normalized spacial score (nSPS) is 10.8. The highest BCUT2D eigenvalue weighted by Crippen LogP contribution is 2.34. The first-order chi connectivity index (χ1) is 9.13. The van der Waals surface area contributed by atoms with Crippen molar-refractivity contribution in [2.45, 2.75) is 25.6 Å². The first-order valence-corrected chi connectivity index (χ1v) is 6.77. The molecule has 0 unspecified atom stereocenters. The molecule has 0 aliphatic rings. The summed E-state index contributed by atoms with van der Waals surface area (Å²) in [5.74, 6) is 1.02. The van der Waals surface area contributed by atoms with Crippen LogP contribution in [-0.2, 0) is 5.88 Å². The molecule has 0 aliphatic carbocycles. The number of para-hydroxylation sites is 2. The van der Waals surface area contributed by atoms with E-state index in [1.165, 1.54) is 6.07 Å². The molecule has 19 heavy (non-hydrogen) atoms. The fourth-order valence-electron chi connectivity index (χ4n) is 1.93. The summed E-state index contributed by atoms with van der Waals surface area (Å²) in [6.07, 6.45) is 0. The number of hydrogen-bond acceptors (Lipinski definition) is 1. The van der Waals surface area contributed by atoms with Crippen molar-refractivity contribution in [1.29, 1.82) is 0 Å². The predicted octanol–water partition coefficient (Wildman–Crippen LogP) is 5.48. The monoisotopic (exact) mass is 278 g/mol. The molecule has 0 spiro atoms. The Kier molecular flexibility index (Phi) is 4.43. The quantitative estimate of drug-likeness (QED) is 0.673. The average molecular weight is 279 g/mol. The summed E-state index contributed by atoms with van der Waals surface area (Å²) < 4.78 is 19.6. The van der Waals surface area contributed by atoms with Crippen LogP contribution < -0.4 is 4.74 Å². The first-order valence-electron chi connectivity index (χ1n) is 6.23. The molecule has 0 heterocycles. The summed E-state index contributed by atoms with van der Waals surface area (Å²) in [5.41, 5.74) is 1.70. The fraction of sp³-hybridized carbons (Fsp3) is 0.250. The van der Waals surface area contributed by atoms with E-state index in [0.717, 1.165) is 5.56 Å². The zero-order valence-electron chi connectivity index (χ0n) is 11.0. The van der Waals surface area contributed by atoms with Crippen molar-refractivity contribution in [3.63, 3.8) is 0 Å². The van der Waals surface area contributed by atoms with E-state index in [4.69, 9.17) is 16.3 Å². The second-order valence-corrected chi connectivity index (χ2v) is 4.92. The lowest BCUT2D eigenvalue weighted by Gasteiger charge is -2.15. The van der Waals surface area contributed by atoms with Crippen molar-refractivity contribution < 1.29 is 9.13 Å². The Labute approximate surface area is 118 Å². The van der Waals surface area contributed by atoms with Crippen molar-refractivity contribution in [1.82, 2.24) is 0 Å². The van der Waals surface area contributed by atoms with Crippen LogP contribution in [0.2, 0.25) is 0 Å². The third-order valence-electron chi connectivity index (χ3n) is 2.95. The number of rotatable bonds is 4. The van der Waals surface area contributed by atoms with Crippen LogP contribution in [0.5, 0.6) is 11.5 Å². The summed E-state index contributed by atoms with van der Waals surface area (Å²) >= 11 is 5.83. The van der Waals surface area contributed by atoms with Gasteiger partial charge in [-0.1, -0.05) is 44.2 Å². The Morgan fingerprint density at radius 1 is 1.11 bits per heavy atom. The molecule has 0 saturated carbocycles. The zero-order valence-corrected chi connectivity index (χ0v) is 11.7. The Morgan fingerprint density at radius 3 is 2.53 bits per heavy atom. The van der Waals surface area contributed by atoms with Gasteiger partial charge in [-0.05, 0) is 23.6 Å². The van der Waals surface area contributed by atoms with Crippen molar-refractivity contribution in [3.8, 4) is 11.5 Å². The Balaban J connectivity index is 2.42. The van der Waals surface area contributed by atoms with Gasteiger partial charge in [0.15, 0.2) is 11.6 Å². The SMILES string of the molecule is CC(C)c1ccccc1Oc1c(F)cccc1CCl. The first kappa shape index (κ1) is 13.9. The molecule has 2 rings (SSSR count). The van der Waals surface area contributed by atoms with Gasteiger partial charge in [-0.2, -0.15) is 0 Å². The van der Waals surface area contributed by atoms with Gasteiger partial charge in [0, 0.05) is 5.56 Å². The van der Waals surface area contributed by atoms with Crippen LogP contribution in [-0.4, -0.2) is 0 Å². The number of alkyl halides is 1. The molecule has 0 amide bonds. The van der Waals surface area contributed by atoms with Gasteiger partial charge >= 0.3 is 0 Å². The van der Waals surface area contributed by atoms with Crippen LogP contribution >= 0.6 is 11.6 Å². The summed E-state index contributed by atoms with van der Waals surface area (Å²) in [7, 11) is 0. The molecule has 100 valence electrons. The number of benzene rings is 2. The minimum absolute atomic E-state index is 0.214. The van der Waals surface area contributed by atoms with E-state index in [1.54, 1.807) is 12.1 Å². The van der Waals surface area contributed by atoms with E-state index in [1.807, 2.05) is 24.3 Å². The van der Waals surface area contributed by atoms with Crippen LogP contribution in [0.1, 0.15) is 30.9 Å². The van der Waals surface area contributed by atoms with Gasteiger partial charge in [-0.3, -0.25) is 0 Å². The van der Waals surface area contributed by atoms with E-state index >= 15 is 0 Å². The molecule has 0 saturated heterocycles. The molecule has 3 heteroatoms. The number of halogens is 2. The van der Waals surface area contributed by atoms with E-state index in [2.05, 4.69) is 13.8 Å². The highest BCUT2D eigenvalue weighted by molar-refractivity contribution is 6.17. The average Bonchev–Trinajstić information content (AvgIpc) is 2.41. The lowest BCUT2D eigenvalue weighted by Crippen LogP contribution is -1.97. The van der Waals surface area contributed by atoms with Crippen LogP contribution in [0.25, 0.3) is 0 Å². The molecule has 1 nitrogen and oxygen atoms in total. The zero-order chi connectivity index (χ0) is 13.8. The third kappa shape index (κ3) is 3.07. The largest absolute Gasteiger partial charge is 0.454 e. The van der Waals surface area contributed by atoms with Crippen molar-refractivity contribution >= 4 is 11.6 Å². The lowest BCUT2D eigenvalue weighted by molar-refractivity contribution is 0.432. The van der Waals surface area contributed by atoms with Gasteiger partial charge in [-0.15, -0.1) is 11.6 Å². The van der Waals surface area contributed by atoms with Gasteiger partial charge in [0.2, 0.25) is 0 Å². The summed E-state index contributed by atoms with van der Waals surface area (Å²) in [6.45, 7) is 4.15. The topological polar surface area (TPSA) is 9.23 Å². The minimum Gasteiger partial charge on any atom is -0.454 e. The van der Waals surface area contributed by atoms with Gasteiger partial charge in [0.1, 0.15) is 5.75 Å². The molecular formula is C16H16ClFO. The van der Waals surface area contributed by atoms with E-state index in [-0.39, 0.29) is 11.6 Å². The maximum Gasteiger partial charge on any atom is 0.167 e. The van der Waals surface area contributed by atoms with Crippen LogP contribution in [0.3, 0.4) is 0 Å². The molecule has 0 atom stereocenters. The molecule has 2 aromatic carbocycles. The molecule has 2 aromatic rings. The molecule has 0 fully saturated rings. The van der Waals surface area contributed by atoms with Crippen molar-refractivity contribution in [3.05, 3.63) is 59.4 Å². The lowest BCUT2D eigenvalue weighted by atomic mass is 10.0. The predicted molar refractivity (Wildman–Crippen MR) is 76.6 cm³/mol. The highest BCUT2D eigenvalue weighted by Gasteiger charge is 2.13. The van der Waals surface area contributed by atoms with Gasteiger partial charge < -0.3 is 4.74 Å². The summed E-state index contributed by atoms with van der Waals surface area (Å²) in [5, 5.41) is 0. The van der Waals surface area contributed by atoms with E-state index in [0.29, 0.717) is 17.2 Å². The van der Waals surface area contributed by atoms with E-state index in [9.17, 15) is 4.39 Å². The fourth-order valence-corrected chi connectivity index (χ4v) is 2.14. The summed E-state index contributed by atoms with van der Waals surface area (Å²) in [6, 6.07) is 12.4. The number of ether oxygens (including phenoxy) is 1. The Bertz CT molecular complexity index is 566. The maximum absolute atomic E-state index is 13.9.